The van der Waals surface area contributed by atoms with E-state index in [1.807, 2.05) is 6.92 Å². The van der Waals surface area contributed by atoms with Gasteiger partial charge in [-0.15, -0.1) is 0 Å². The summed E-state index contributed by atoms with van der Waals surface area (Å²) in [4.78, 5) is 34.2. The summed E-state index contributed by atoms with van der Waals surface area (Å²) in [6.45, 7) is 1.57. The number of carbonyl (C=O) groups excluding carboxylic acids is 2. The first-order chi connectivity index (χ1) is 14.4. The second kappa shape index (κ2) is 11.5. The Bertz CT molecular complexity index is 935. The van der Waals surface area contributed by atoms with E-state index in [2.05, 4.69) is 16.0 Å². The molecule has 0 heterocycles. The van der Waals surface area contributed by atoms with Crippen molar-refractivity contribution in [2.24, 2.45) is 0 Å². The van der Waals surface area contributed by atoms with Gasteiger partial charge in [-0.1, -0.05) is 31.5 Å². The van der Waals surface area contributed by atoms with Gasteiger partial charge in [0.05, 0.1) is 4.92 Å². The van der Waals surface area contributed by atoms with Crippen LogP contribution >= 0.6 is 12.2 Å². The summed E-state index contributed by atoms with van der Waals surface area (Å²) in [6.07, 6.45) is 2.20. The molecular weight excluding hydrogens is 408 g/mol. The number of hydrogen-bond acceptors (Lipinski definition) is 6. The van der Waals surface area contributed by atoms with Crippen LogP contribution in [-0.4, -0.2) is 28.5 Å². The maximum Gasteiger partial charge on any atom is 0.310 e. The molecule has 0 aliphatic heterocycles. The molecule has 0 aliphatic rings. The highest BCUT2D eigenvalue weighted by atomic mass is 32.1. The molecule has 0 saturated heterocycles. The molecule has 0 unspecified atom stereocenters. The highest BCUT2D eigenvalue weighted by Gasteiger charge is 2.15. The van der Waals surface area contributed by atoms with E-state index in [0.29, 0.717) is 17.8 Å². The van der Waals surface area contributed by atoms with Crippen LogP contribution in [0.4, 0.5) is 17.1 Å². The molecular formula is C20H22N4O5S. The summed E-state index contributed by atoms with van der Waals surface area (Å²) in [7, 11) is 0. The van der Waals surface area contributed by atoms with Crippen molar-refractivity contribution in [3.05, 3.63) is 58.6 Å². The van der Waals surface area contributed by atoms with Gasteiger partial charge in [-0.2, -0.15) is 0 Å². The Hall–Kier alpha value is -3.53. The molecule has 2 aromatic rings. The Kier molecular flexibility index (Phi) is 8.70. The topological polar surface area (TPSA) is 123 Å². The largest absolute Gasteiger partial charge is 0.477 e. The summed E-state index contributed by atoms with van der Waals surface area (Å²) < 4.78 is 5.22. The van der Waals surface area contributed by atoms with Gasteiger partial charge in [-0.3, -0.25) is 25.0 Å². The van der Waals surface area contributed by atoms with Crippen LogP contribution in [0.2, 0.25) is 0 Å². The zero-order valence-corrected chi connectivity index (χ0v) is 17.2. The first-order valence-electron chi connectivity index (χ1n) is 9.26. The predicted octanol–water partition coefficient (Wildman–Crippen LogP) is 3.62. The Balaban J connectivity index is 1.85. The second-order valence-corrected chi connectivity index (χ2v) is 6.66. The first kappa shape index (κ1) is 22.8. The number of unbranched alkanes of at least 4 members (excludes halogenated alkanes) is 1. The van der Waals surface area contributed by atoms with Crippen molar-refractivity contribution in [3.8, 4) is 5.75 Å². The molecule has 2 rings (SSSR count). The highest BCUT2D eigenvalue weighted by molar-refractivity contribution is 7.80. The van der Waals surface area contributed by atoms with Crippen molar-refractivity contribution < 1.29 is 19.2 Å². The number of amides is 2. The Morgan fingerprint density at radius 1 is 1.07 bits per heavy atom. The minimum atomic E-state index is -0.590. The zero-order valence-electron chi connectivity index (χ0n) is 16.3. The highest BCUT2D eigenvalue weighted by Crippen LogP contribution is 2.25. The first-order valence-corrected chi connectivity index (χ1v) is 9.67. The summed E-state index contributed by atoms with van der Waals surface area (Å²) in [5.74, 6) is -0.658. The van der Waals surface area contributed by atoms with Crippen LogP contribution in [0.3, 0.4) is 0 Å². The molecule has 0 aliphatic carbocycles. The molecule has 0 atom stereocenters. The fraction of sp³-hybridized carbons (Fsp3) is 0.250. The molecule has 158 valence electrons. The minimum Gasteiger partial charge on any atom is -0.477 e. The maximum absolute atomic E-state index is 12.0. The Morgan fingerprint density at radius 3 is 2.47 bits per heavy atom. The number of nitro groups is 1. The molecule has 0 saturated carbocycles. The predicted molar refractivity (Wildman–Crippen MR) is 118 cm³/mol. The Labute approximate surface area is 179 Å². The van der Waals surface area contributed by atoms with E-state index in [1.165, 1.54) is 18.2 Å². The van der Waals surface area contributed by atoms with E-state index in [-0.39, 0.29) is 22.5 Å². The van der Waals surface area contributed by atoms with Crippen LogP contribution in [0.15, 0.2) is 48.5 Å². The molecule has 0 radical (unpaired) electrons. The number of rotatable bonds is 9. The molecule has 10 heteroatoms. The number of para-hydroxylation sites is 2. The van der Waals surface area contributed by atoms with Crippen LogP contribution in [0.1, 0.15) is 26.2 Å². The van der Waals surface area contributed by atoms with Gasteiger partial charge in [-0.25, -0.2) is 0 Å². The van der Waals surface area contributed by atoms with Crippen LogP contribution in [0, 0.1) is 10.1 Å². The molecule has 30 heavy (non-hydrogen) atoms. The third kappa shape index (κ3) is 7.47. The van der Waals surface area contributed by atoms with Crippen molar-refractivity contribution >= 4 is 46.2 Å². The average Bonchev–Trinajstić information content (AvgIpc) is 2.71. The number of hydrogen-bond donors (Lipinski definition) is 3. The maximum atomic E-state index is 12.0. The van der Waals surface area contributed by atoms with Crippen molar-refractivity contribution in [1.29, 1.82) is 0 Å². The van der Waals surface area contributed by atoms with Gasteiger partial charge < -0.3 is 15.4 Å². The minimum absolute atomic E-state index is 0.0111. The van der Waals surface area contributed by atoms with Gasteiger partial charge in [0.1, 0.15) is 0 Å². The van der Waals surface area contributed by atoms with Crippen molar-refractivity contribution in [3.63, 3.8) is 0 Å². The van der Waals surface area contributed by atoms with Gasteiger partial charge in [0.2, 0.25) is 5.91 Å². The second-order valence-electron chi connectivity index (χ2n) is 6.25. The quantitative estimate of drug-likeness (QED) is 0.315. The average molecular weight is 430 g/mol. The molecule has 0 bridgehead atoms. The van der Waals surface area contributed by atoms with Crippen LogP contribution < -0.4 is 20.7 Å². The molecule has 0 spiro atoms. The summed E-state index contributed by atoms with van der Waals surface area (Å²) in [5.41, 5.74) is 0.951. The number of nitrogens with zero attached hydrogens (tertiary/aromatic N) is 1. The van der Waals surface area contributed by atoms with Gasteiger partial charge in [0.25, 0.3) is 5.91 Å². The lowest BCUT2D eigenvalue weighted by Gasteiger charge is -2.12. The summed E-state index contributed by atoms with van der Waals surface area (Å²) >= 11 is 5.10. The van der Waals surface area contributed by atoms with Crippen molar-refractivity contribution in [2.75, 3.05) is 17.2 Å². The fourth-order valence-electron chi connectivity index (χ4n) is 2.43. The van der Waals surface area contributed by atoms with E-state index in [9.17, 15) is 19.7 Å². The van der Waals surface area contributed by atoms with Gasteiger partial charge in [-0.05, 0) is 42.9 Å². The normalized spacial score (nSPS) is 10.0. The van der Waals surface area contributed by atoms with E-state index in [4.69, 9.17) is 17.0 Å². The van der Waals surface area contributed by atoms with Gasteiger partial charge in [0.15, 0.2) is 17.5 Å². The molecule has 0 aromatic heterocycles. The smallest absolute Gasteiger partial charge is 0.310 e. The van der Waals surface area contributed by atoms with Crippen molar-refractivity contribution in [1.82, 2.24) is 5.32 Å². The van der Waals surface area contributed by atoms with E-state index in [1.54, 1.807) is 30.3 Å². The zero-order chi connectivity index (χ0) is 21.9. The fourth-order valence-corrected chi connectivity index (χ4v) is 2.67. The number of benzene rings is 2. The van der Waals surface area contributed by atoms with Crippen LogP contribution in [0.5, 0.6) is 5.75 Å². The number of ether oxygens (including phenoxy) is 1. The van der Waals surface area contributed by atoms with Gasteiger partial charge >= 0.3 is 5.69 Å². The third-order valence-corrected chi connectivity index (χ3v) is 4.04. The molecule has 9 nitrogen and oxygen atoms in total. The summed E-state index contributed by atoms with van der Waals surface area (Å²) in [6, 6.07) is 12.7. The number of thiocarbonyl (C=S) groups is 1. The van der Waals surface area contributed by atoms with E-state index >= 15 is 0 Å². The van der Waals surface area contributed by atoms with Crippen molar-refractivity contribution in [2.45, 2.75) is 26.2 Å². The number of carbonyl (C=O) groups is 2. The monoisotopic (exact) mass is 430 g/mol. The lowest BCUT2D eigenvalue weighted by atomic mass is 10.2. The SMILES string of the molecule is CCCCC(=O)Nc1cccc(NC(=S)NC(=O)COc2ccccc2[N+](=O)[O-])c1. The number of nitro benzene ring substituents is 1. The molecule has 2 amide bonds. The summed E-state index contributed by atoms with van der Waals surface area (Å²) in [5, 5.41) is 19.1. The van der Waals surface area contributed by atoms with Crippen LogP contribution in [0.25, 0.3) is 0 Å². The van der Waals surface area contributed by atoms with E-state index in [0.717, 1.165) is 12.8 Å². The number of anilines is 2. The third-order valence-electron chi connectivity index (χ3n) is 3.84. The number of nitrogens with one attached hydrogen (secondary N) is 3. The lowest BCUT2D eigenvalue weighted by Crippen LogP contribution is -2.37. The molecule has 0 fully saturated rings. The van der Waals surface area contributed by atoms with Crippen LogP contribution in [-0.2, 0) is 9.59 Å². The molecule has 3 N–H and O–H groups in total. The lowest BCUT2D eigenvalue weighted by molar-refractivity contribution is -0.385. The molecule has 2 aromatic carbocycles. The van der Waals surface area contributed by atoms with Gasteiger partial charge in [0, 0.05) is 23.9 Å². The van der Waals surface area contributed by atoms with E-state index < -0.39 is 17.4 Å². The standard InChI is InChI=1S/C20H22N4O5S/c1-2-3-11-18(25)21-14-7-6-8-15(12-14)22-20(30)23-19(26)13-29-17-10-5-4-9-16(17)24(27)28/h4-10,12H,2-3,11,13H2,1H3,(H,21,25)(H2,22,23,26,30). The Morgan fingerprint density at radius 2 is 1.77 bits per heavy atom.